The second-order valence-corrected chi connectivity index (χ2v) is 14.8. The van der Waals surface area contributed by atoms with Crippen LogP contribution in [0.15, 0.2) is 5.16 Å². The molecule has 4 saturated carbocycles. The number of likely N-dealkylation sites (tertiary alicyclic amines) is 1. The maximum Gasteiger partial charge on any atom is 0.151 e. The lowest BCUT2D eigenvalue weighted by atomic mass is 9.40. The monoisotopic (exact) mass is 557 g/mol. The number of hydrogen-bond acceptors (Lipinski definition) is 7. The number of ether oxygens (including phenoxy) is 1. The van der Waals surface area contributed by atoms with Gasteiger partial charge in [0.2, 0.25) is 0 Å². The van der Waals surface area contributed by atoms with Gasteiger partial charge < -0.3 is 29.0 Å². The van der Waals surface area contributed by atoms with Crippen molar-refractivity contribution in [3.63, 3.8) is 0 Å². The lowest BCUT2D eigenvalue weighted by Crippen LogP contribution is -2.60. The highest BCUT2D eigenvalue weighted by Gasteiger charge is 2.68. The smallest absolute Gasteiger partial charge is 0.151 e. The van der Waals surface area contributed by atoms with E-state index in [1.165, 1.54) is 38.6 Å². The summed E-state index contributed by atoms with van der Waals surface area (Å²) in [6.07, 6.45) is 17.3. The van der Waals surface area contributed by atoms with Crippen LogP contribution in [0.1, 0.15) is 90.9 Å². The van der Waals surface area contributed by atoms with Crippen molar-refractivity contribution in [2.75, 3.05) is 53.5 Å². The van der Waals surface area contributed by atoms with Gasteiger partial charge in [-0.15, -0.1) is 0 Å². The summed E-state index contributed by atoms with van der Waals surface area (Å²) in [5.74, 6) is 1.73. The highest BCUT2D eigenvalue weighted by atomic mass is 16.6. The Morgan fingerprint density at radius 2 is 1.73 bits per heavy atom. The lowest BCUT2D eigenvalue weighted by molar-refractivity contribution is -0.185. The van der Waals surface area contributed by atoms with E-state index < -0.39 is 5.60 Å². The Kier molecular flexibility index (Phi) is 9.14. The van der Waals surface area contributed by atoms with Crippen LogP contribution >= 0.6 is 0 Å². The van der Waals surface area contributed by atoms with Crippen molar-refractivity contribution < 1.29 is 19.2 Å². The molecule has 5 fully saturated rings. The topological polar surface area (TPSA) is 71.4 Å². The average Bonchev–Trinajstić information content (AvgIpc) is 3.57. The summed E-state index contributed by atoms with van der Waals surface area (Å²) in [7, 11) is 4.07. The van der Waals surface area contributed by atoms with Gasteiger partial charge in [0, 0.05) is 37.2 Å². The molecule has 0 aromatic rings. The van der Waals surface area contributed by atoms with Crippen molar-refractivity contribution in [1.82, 2.24) is 9.80 Å². The third kappa shape index (κ3) is 5.32. The van der Waals surface area contributed by atoms with E-state index in [1.54, 1.807) is 0 Å². The van der Waals surface area contributed by atoms with Crippen LogP contribution in [0.25, 0.3) is 0 Å². The summed E-state index contributed by atoms with van der Waals surface area (Å²) in [5, 5.41) is 4.37. The predicted octanol–water partition coefficient (Wildman–Crippen LogP) is 5.22. The highest BCUT2D eigenvalue weighted by molar-refractivity contribution is 5.70. The molecule has 0 aromatic carbocycles. The first-order valence-electron chi connectivity index (χ1n) is 16.3. The van der Waals surface area contributed by atoms with Gasteiger partial charge in [-0.05, 0) is 133 Å². The number of carbonyl (C=O) groups is 2. The Labute approximate surface area is 242 Å². The van der Waals surface area contributed by atoms with Gasteiger partial charge in [-0.25, -0.2) is 0 Å². The molecule has 40 heavy (non-hydrogen) atoms. The van der Waals surface area contributed by atoms with Gasteiger partial charge in [-0.3, -0.25) is 0 Å². The summed E-state index contributed by atoms with van der Waals surface area (Å²) < 4.78 is 6.44. The second-order valence-electron chi connectivity index (χ2n) is 14.8. The molecule has 1 heterocycles. The maximum absolute atomic E-state index is 13.1. The van der Waals surface area contributed by atoms with Crippen LogP contribution < -0.4 is 0 Å². The number of oxime groups is 1. The van der Waals surface area contributed by atoms with Gasteiger partial charge >= 0.3 is 0 Å². The van der Waals surface area contributed by atoms with Crippen LogP contribution in [0, 0.1) is 39.9 Å². The number of likely N-dealkylation sites (N-methyl/N-ethyl adjacent to an activating group) is 1. The summed E-state index contributed by atoms with van der Waals surface area (Å²) in [4.78, 5) is 35.8. The van der Waals surface area contributed by atoms with Crippen LogP contribution in [-0.4, -0.2) is 87.7 Å². The van der Waals surface area contributed by atoms with Crippen molar-refractivity contribution in [2.45, 2.75) is 96.5 Å². The molecule has 1 saturated heterocycles. The standard InChI is InChI=1S/C33H55N3O4/c1-30-14-15-32(24-37,39-20-7-18-36-16-5-6-17-36)22-26(30)8-9-29-28(30)11-12-31(2)27(10-13-33(29,31)25-38)23-34-40-21-19-35(3)4/h23-29H,5-22H2,1-4H3/b34-23+/t26?,27?,28-,29-,30+,31-,32?,33-/m1/s1. The van der Waals surface area contributed by atoms with Gasteiger partial charge in [-0.2, -0.15) is 0 Å². The minimum absolute atomic E-state index is 0.0623. The number of rotatable bonds is 12. The van der Waals surface area contributed by atoms with Crippen molar-refractivity contribution >= 4 is 18.8 Å². The minimum Gasteiger partial charge on any atom is -0.395 e. The molecule has 0 spiro atoms. The number of nitrogens with zero attached hydrogens (tertiary/aromatic N) is 3. The summed E-state index contributed by atoms with van der Waals surface area (Å²) in [6, 6.07) is 0. The first kappa shape index (κ1) is 30.2. The van der Waals surface area contributed by atoms with E-state index in [2.05, 4.69) is 28.8 Å². The average molecular weight is 558 g/mol. The zero-order valence-electron chi connectivity index (χ0n) is 25.7. The molecule has 0 amide bonds. The van der Waals surface area contributed by atoms with Crippen molar-refractivity contribution in [3.05, 3.63) is 0 Å². The van der Waals surface area contributed by atoms with Crippen molar-refractivity contribution in [3.8, 4) is 0 Å². The first-order chi connectivity index (χ1) is 19.2. The van der Waals surface area contributed by atoms with Gasteiger partial charge in [0.1, 0.15) is 18.5 Å². The van der Waals surface area contributed by atoms with E-state index in [-0.39, 0.29) is 22.2 Å². The molecule has 3 unspecified atom stereocenters. The SMILES string of the molecule is CN(C)CCO/N=C/C1CC[C@@]2(C=O)[C@@H]3CCC4CC(C=O)(OCCCN5CCCC5)CC[C@]4(C)[C@@H]3CC[C@]12C. The lowest BCUT2D eigenvalue weighted by Gasteiger charge is -2.64. The third-order valence-electron chi connectivity index (χ3n) is 12.7. The van der Waals surface area contributed by atoms with E-state index in [9.17, 15) is 9.59 Å². The zero-order valence-corrected chi connectivity index (χ0v) is 25.7. The molecule has 5 rings (SSSR count). The van der Waals surface area contributed by atoms with Crippen LogP contribution in [0.4, 0.5) is 0 Å². The minimum atomic E-state index is -0.616. The predicted molar refractivity (Wildman–Crippen MR) is 158 cm³/mol. The van der Waals surface area contributed by atoms with E-state index in [4.69, 9.17) is 9.57 Å². The van der Waals surface area contributed by atoms with Gasteiger partial charge in [0.25, 0.3) is 0 Å². The Hall–Kier alpha value is -1.31. The number of carbonyl (C=O) groups excluding carboxylic acids is 2. The molecular formula is C33H55N3O4. The summed E-state index contributed by atoms with van der Waals surface area (Å²) in [6.45, 7) is 10.5. The van der Waals surface area contributed by atoms with Crippen LogP contribution in [-0.2, 0) is 19.2 Å². The van der Waals surface area contributed by atoms with E-state index in [0.717, 1.165) is 77.2 Å². The Bertz CT molecular complexity index is 921. The van der Waals surface area contributed by atoms with Gasteiger partial charge in [0.15, 0.2) is 6.29 Å². The van der Waals surface area contributed by atoms with Crippen LogP contribution in [0.2, 0.25) is 0 Å². The molecule has 5 aliphatic rings. The van der Waals surface area contributed by atoms with E-state index >= 15 is 0 Å². The molecule has 0 radical (unpaired) electrons. The Balaban J connectivity index is 1.24. The fraction of sp³-hybridized carbons (Fsp3) is 0.909. The first-order valence-corrected chi connectivity index (χ1v) is 16.3. The second kappa shape index (κ2) is 12.1. The Morgan fingerprint density at radius 1 is 0.925 bits per heavy atom. The van der Waals surface area contributed by atoms with E-state index in [0.29, 0.717) is 31.0 Å². The molecule has 0 bridgehead atoms. The molecule has 8 atom stereocenters. The number of fused-ring (bicyclic) bond motifs is 5. The molecule has 7 heteroatoms. The molecule has 0 N–H and O–H groups in total. The largest absolute Gasteiger partial charge is 0.395 e. The van der Waals surface area contributed by atoms with Gasteiger partial charge in [0.05, 0.1) is 0 Å². The third-order valence-corrected chi connectivity index (χ3v) is 12.7. The fourth-order valence-electron chi connectivity index (χ4n) is 10.1. The van der Waals surface area contributed by atoms with Crippen molar-refractivity contribution in [1.29, 1.82) is 0 Å². The van der Waals surface area contributed by atoms with Gasteiger partial charge in [-0.1, -0.05) is 19.0 Å². The quantitative estimate of drug-likeness (QED) is 0.142. The number of aldehydes is 2. The number of hydrogen-bond donors (Lipinski definition) is 0. The molecule has 4 aliphatic carbocycles. The summed E-state index contributed by atoms with van der Waals surface area (Å²) >= 11 is 0. The van der Waals surface area contributed by atoms with Crippen molar-refractivity contribution in [2.24, 2.45) is 45.1 Å². The molecule has 7 nitrogen and oxygen atoms in total. The molecule has 226 valence electrons. The molecule has 1 aliphatic heterocycles. The summed E-state index contributed by atoms with van der Waals surface area (Å²) in [5.41, 5.74) is -0.787. The Morgan fingerprint density at radius 3 is 2.45 bits per heavy atom. The van der Waals surface area contributed by atoms with Crippen LogP contribution in [0.3, 0.4) is 0 Å². The maximum atomic E-state index is 13.1. The zero-order chi connectivity index (χ0) is 28.4. The fourth-order valence-corrected chi connectivity index (χ4v) is 10.1. The molecule has 0 aromatic heterocycles. The van der Waals surface area contributed by atoms with E-state index in [1.807, 2.05) is 20.3 Å². The normalized spacial score (nSPS) is 43.4. The van der Waals surface area contributed by atoms with Crippen LogP contribution in [0.5, 0.6) is 0 Å². The molecular weight excluding hydrogens is 502 g/mol. The highest BCUT2D eigenvalue weighted by Crippen LogP contribution is 2.72.